The number of nitrogens with zero attached hydrogens (tertiary/aromatic N) is 1. The van der Waals surface area contributed by atoms with Crippen molar-refractivity contribution in [2.75, 3.05) is 6.54 Å². The predicted octanol–water partition coefficient (Wildman–Crippen LogP) is 3.55. The lowest BCUT2D eigenvalue weighted by Crippen LogP contribution is -2.27. The van der Waals surface area contributed by atoms with Crippen LogP contribution in [0.1, 0.15) is 44.2 Å². The fraction of sp³-hybridized carbons (Fsp3) is 0.706. The molecule has 20 heavy (non-hydrogen) atoms. The third kappa shape index (κ3) is 1.82. The monoisotopic (exact) mass is 274 g/mol. The first-order valence-electron chi connectivity index (χ1n) is 8.14. The van der Waals surface area contributed by atoms with Crippen molar-refractivity contribution in [3.8, 4) is 0 Å². The Hall–Kier alpha value is -0.960. The molecular formula is C17H23FN2. The van der Waals surface area contributed by atoms with Crippen molar-refractivity contribution >= 4 is 0 Å². The van der Waals surface area contributed by atoms with Crippen LogP contribution >= 0.6 is 0 Å². The fourth-order valence-corrected chi connectivity index (χ4v) is 5.23. The van der Waals surface area contributed by atoms with E-state index in [1.807, 2.05) is 6.07 Å². The molecule has 3 heteroatoms. The van der Waals surface area contributed by atoms with Gasteiger partial charge in [0, 0.05) is 17.8 Å². The Morgan fingerprint density at radius 2 is 2.10 bits per heavy atom. The van der Waals surface area contributed by atoms with Gasteiger partial charge >= 0.3 is 0 Å². The van der Waals surface area contributed by atoms with Gasteiger partial charge < -0.3 is 5.32 Å². The lowest BCUT2D eigenvalue weighted by Gasteiger charge is -2.22. The molecule has 1 aromatic heterocycles. The lowest BCUT2D eigenvalue weighted by molar-refractivity contribution is 0.361. The molecule has 1 aromatic rings. The zero-order chi connectivity index (χ0) is 13.7. The highest BCUT2D eigenvalue weighted by molar-refractivity contribution is 5.25. The van der Waals surface area contributed by atoms with Crippen molar-refractivity contribution in [2.45, 2.75) is 38.6 Å². The summed E-state index contributed by atoms with van der Waals surface area (Å²) in [5, 5.41) is 3.62. The van der Waals surface area contributed by atoms with Crippen LogP contribution in [0.15, 0.2) is 18.5 Å². The summed E-state index contributed by atoms with van der Waals surface area (Å²) in [6, 6.07) is 2.08. The number of pyridine rings is 1. The van der Waals surface area contributed by atoms with Crippen molar-refractivity contribution in [3.05, 3.63) is 29.8 Å². The molecule has 3 aliphatic rings. The predicted molar refractivity (Wildman–Crippen MR) is 76.5 cm³/mol. The van der Waals surface area contributed by atoms with Gasteiger partial charge in [-0.2, -0.15) is 0 Å². The van der Waals surface area contributed by atoms with Gasteiger partial charge in [-0.15, -0.1) is 0 Å². The molecule has 3 aliphatic carbocycles. The molecule has 5 atom stereocenters. The molecule has 0 saturated heterocycles. The molecule has 2 nitrogen and oxygen atoms in total. The van der Waals surface area contributed by atoms with Crippen LogP contribution in [0.25, 0.3) is 0 Å². The van der Waals surface area contributed by atoms with E-state index in [1.54, 1.807) is 6.20 Å². The van der Waals surface area contributed by atoms with Crippen LogP contribution in [0.4, 0.5) is 4.39 Å². The van der Waals surface area contributed by atoms with E-state index in [9.17, 15) is 4.39 Å². The van der Waals surface area contributed by atoms with Crippen LogP contribution < -0.4 is 5.32 Å². The molecule has 0 aromatic carbocycles. The Bertz CT molecular complexity index is 488. The molecule has 3 saturated carbocycles. The molecule has 2 bridgehead atoms. The smallest absolute Gasteiger partial charge is 0.146 e. The van der Waals surface area contributed by atoms with E-state index in [2.05, 4.69) is 17.2 Å². The zero-order valence-electron chi connectivity index (χ0n) is 12.1. The van der Waals surface area contributed by atoms with Gasteiger partial charge in [0.2, 0.25) is 0 Å². The van der Waals surface area contributed by atoms with Gasteiger partial charge in [0.15, 0.2) is 0 Å². The maximum Gasteiger partial charge on any atom is 0.146 e. The molecule has 1 N–H and O–H groups in total. The number of nitrogens with one attached hydrogen (secondary N) is 1. The van der Waals surface area contributed by atoms with Crippen molar-refractivity contribution in [3.63, 3.8) is 0 Å². The number of rotatable bonds is 5. The molecule has 108 valence electrons. The second kappa shape index (κ2) is 4.80. The molecular weight excluding hydrogens is 251 g/mol. The summed E-state index contributed by atoms with van der Waals surface area (Å²) in [6.45, 7) is 3.14. The fourth-order valence-electron chi connectivity index (χ4n) is 5.23. The van der Waals surface area contributed by atoms with Crippen LogP contribution in [0.3, 0.4) is 0 Å². The first kappa shape index (κ1) is 12.8. The van der Waals surface area contributed by atoms with E-state index in [1.165, 1.54) is 25.5 Å². The first-order chi connectivity index (χ1) is 9.81. The number of aromatic nitrogens is 1. The summed E-state index contributed by atoms with van der Waals surface area (Å²) in [7, 11) is 0. The SMILES string of the molecule is CCCNC(c1ccncc1F)C1C2C3CCC(C3)C21. The van der Waals surface area contributed by atoms with Gasteiger partial charge in [0.1, 0.15) is 5.82 Å². The molecule has 1 heterocycles. The summed E-state index contributed by atoms with van der Waals surface area (Å²) in [5.74, 6) is 4.14. The highest BCUT2D eigenvalue weighted by atomic mass is 19.1. The van der Waals surface area contributed by atoms with Crippen LogP contribution in [0, 0.1) is 35.4 Å². The second-order valence-corrected chi connectivity index (χ2v) is 6.89. The normalized spacial score (nSPS) is 38.8. The maximum absolute atomic E-state index is 14.1. The van der Waals surface area contributed by atoms with Crippen molar-refractivity contribution in [1.29, 1.82) is 0 Å². The summed E-state index contributed by atoms with van der Waals surface area (Å²) in [5.41, 5.74) is 0.840. The van der Waals surface area contributed by atoms with Crippen LogP contribution in [0.2, 0.25) is 0 Å². The Morgan fingerprint density at radius 1 is 1.35 bits per heavy atom. The molecule has 0 aliphatic heterocycles. The third-order valence-electron chi connectivity index (χ3n) is 5.93. The van der Waals surface area contributed by atoms with Gasteiger partial charge in [-0.25, -0.2) is 4.39 Å². The minimum Gasteiger partial charge on any atom is -0.310 e. The van der Waals surface area contributed by atoms with Crippen molar-refractivity contribution in [2.24, 2.45) is 29.6 Å². The molecule has 0 amide bonds. The number of hydrogen-bond acceptors (Lipinski definition) is 2. The van der Waals surface area contributed by atoms with Crippen molar-refractivity contribution < 1.29 is 4.39 Å². The number of halogens is 1. The van der Waals surface area contributed by atoms with Gasteiger partial charge in [-0.1, -0.05) is 6.92 Å². The Kier molecular flexibility index (Phi) is 3.06. The number of hydrogen-bond donors (Lipinski definition) is 1. The first-order valence-corrected chi connectivity index (χ1v) is 8.14. The van der Waals surface area contributed by atoms with Gasteiger partial charge in [0.25, 0.3) is 0 Å². The molecule has 5 unspecified atom stereocenters. The highest BCUT2D eigenvalue weighted by Crippen LogP contribution is 2.72. The van der Waals surface area contributed by atoms with Crippen molar-refractivity contribution in [1.82, 2.24) is 10.3 Å². The topological polar surface area (TPSA) is 24.9 Å². The lowest BCUT2D eigenvalue weighted by atomic mass is 9.93. The minimum absolute atomic E-state index is 0.140. The van der Waals surface area contributed by atoms with E-state index >= 15 is 0 Å². The Labute approximate surface area is 120 Å². The molecule has 0 spiro atoms. The van der Waals surface area contributed by atoms with Gasteiger partial charge in [-0.05, 0) is 67.9 Å². The van der Waals surface area contributed by atoms with E-state index in [4.69, 9.17) is 0 Å². The van der Waals surface area contributed by atoms with Crippen LogP contribution in [0.5, 0.6) is 0 Å². The standard InChI is InChI=1S/C17H23FN2/c1-2-6-20-17(12-5-7-19-9-13(12)18)16-14-10-3-4-11(8-10)15(14)16/h5,7,9-11,14-17,20H,2-4,6,8H2,1H3. The summed E-state index contributed by atoms with van der Waals surface area (Å²) in [4.78, 5) is 3.90. The summed E-state index contributed by atoms with van der Waals surface area (Å²) >= 11 is 0. The van der Waals surface area contributed by atoms with Gasteiger partial charge in [0.05, 0.1) is 6.20 Å². The van der Waals surface area contributed by atoms with E-state index < -0.39 is 0 Å². The summed E-state index contributed by atoms with van der Waals surface area (Å²) < 4.78 is 14.1. The van der Waals surface area contributed by atoms with E-state index in [0.717, 1.165) is 42.2 Å². The van der Waals surface area contributed by atoms with Crippen LogP contribution in [-0.2, 0) is 0 Å². The summed E-state index contributed by atoms with van der Waals surface area (Å²) in [6.07, 6.45) is 8.47. The van der Waals surface area contributed by atoms with Crippen LogP contribution in [-0.4, -0.2) is 11.5 Å². The van der Waals surface area contributed by atoms with E-state index in [0.29, 0.717) is 5.92 Å². The zero-order valence-corrected chi connectivity index (χ0v) is 12.1. The number of fused-ring (bicyclic) bond motifs is 5. The second-order valence-electron chi connectivity index (χ2n) is 6.89. The molecule has 0 radical (unpaired) electrons. The quantitative estimate of drug-likeness (QED) is 0.888. The largest absolute Gasteiger partial charge is 0.310 e. The Morgan fingerprint density at radius 3 is 2.75 bits per heavy atom. The van der Waals surface area contributed by atoms with Gasteiger partial charge in [-0.3, -0.25) is 4.98 Å². The molecule has 3 fully saturated rings. The molecule has 4 rings (SSSR count). The minimum atomic E-state index is -0.140. The average Bonchev–Trinajstić information content (AvgIpc) is 2.88. The highest BCUT2D eigenvalue weighted by Gasteiger charge is 2.66. The van der Waals surface area contributed by atoms with E-state index in [-0.39, 0.29) is 11.9 Å². The maximum atomic E-state index is 14.1. The average molecular weight is 274 g/mol. The third-order valence-corrected chi connectivity index (χ3v) is 5.93. The Balaban J connectivity index is 1.59.